The van der Waals surface area contributed by atoms with Crippen LogP contribution in [0.5, 0.6) is 0 Å². The van der Waals surface area contributed by atoms with Crippen molar-refractivity contribution in [1.29, 1.82) is 0 Å². The summed E-state index contributed by atoms with van der Waals surface area (Å²) in [6.07, 6.45) is 2.07. The van der Waals surface area contributed by atoms with Crippen molar-refractivity contribution >= 4 is 17.7 Å². The van der Waals surface area contributed by atoms with E-state index >= 15 is 0 Å². The number of carbonyl (C=O) groups is 1. The second-order valence-corrected chi connectivity index (χ2v) is 3.32. The third-order valence-corrected chi connectivity index (χ3v) is 2.55. The van der Waals surface area contributed by atoms with Crippen LogP contribution in [0.25, 0.3) is 0 Å². The Kier molecular flexibility index (Phi) is 2.81. The first kappa shape index (κ1) is 9.19. The maximum Gasteiger partial charge on any atom is 0.309 e. The summed E-state index contributed by atoms with van der Waals surface area (Å²) in [6, 6.07) is 3.78. The summed E-state index contributed by atoms with van der Waals surface area (Å²) in [5, 5.41) is 9.64. The Labute approximate surface area is 75.4 Å². The van der Waals surface area contributed by atoms with Crippen molar-refractivity contribution in [2.75, 3.05) is 6.26 Å². The van der Waals surface area contributed by atoms with Crippen LogP contribution in [-0.2, 0) is 18.3 Å². The van der Waals surface area contributed by atoms with Crippen molar-refractivity contribution in [2.45, 2.75) is 11.4 Å². The van der Waals surface area contributed by atoms with Crippen LogP contribution in [0.2, 0.25) is 0 Å². The lowest BCUT2D eigenvalue weighted by molar-refractivity contribution is -0.136. The Morgan fingerprint density at radius 1 is 1.67 bits per heavy atom. The van der Waals surface area contributed by atoms with Gasteiger partial charge in [-0.05, 0) is 18.4 Å². The number of thioether (sulfide) groups is 1. The lowest BCUT2D eigenvalue weighted by Crippen LogP contribution is -2.05. The maximum atomic E-state index is 10.4. The van der Waals surface area contributed by atoms with E-state index in [4.69, 9.17) is 5.11 Å². The monoisotopic (exact) mass is 185 g/mol. The van der Waals surface area contributed by atoms with Gasteiger partial charge in [0.15, 0.2) is 0 Å². The number of hydrogen-bond acceptors (Lipinski definition) is 2. The van der Waals surface area contributed by atoms with Crippen LogP contribution in [-0.4, -0.2) is 21.9 Å². The van der Waals surface area contributed by atoms with Crippen molar-refractivity contribution in [3.63, 3.8) is 0 Å². The molecule has 3 nitrogen and oxygen atoms in total. The van der Waals surface area contributed by atoms with Crippen LogP contribution in [0.3, 0.4) is 0 Å². The Balaban J connectivity index is 2.87. The number of carboxylic acids is 1. The van der Waals surface area contributed by atoms with Crippen molar-refractivity contribution < 1.29 is 9.90 Å². The summed E-state index contributed by atoms with van der Waals surface area (Å²) >= 11 is 1.61. The van der Waals surface area contributed by atoms with E-state index in [9.17, 15) is 4.79 Å². The standard InChI is InChI=1S/C8H11NO2S/c1-9-6(5-8(10)11)3-4-7(9)12-2/h3-4H,5H2,1-2H3,(H,10,11). The molecule has 1 aromatic rings. The zero-order chi connectivity index (χ0) is 9.14. The number of nitrogens with zero attached hydrogens (tertiary/aromatic N) is 1. The van der Waals surface area contributed by atoms with Crippen molar-refractivity contribution in [2.24, 2.45) is 7.05 Å². The predicted octanol–water partition coefficient (Wildman–Crippen LogP) is 1.37. The normalized spacial score (nSPS) is 10.2. The van der Waals surface area contributed by atoms with Gasteiger partial charge in [0, 0.05) is 12.7 Å². The molecule has 0 aliphatic heterocycles. The highest BCUT2D eigenvalue weighted by Crippen LogP contribution is 2.17. The number of aliphatic carboxylic acids is 1. The van der Waals surface area contributed by atoms with Crippen LogP contribution in [0.15, 0.2) is 17.2 Å². The van der Waals surface area contributed by atoms with E-state index in [1.807, 2.05) is 30.0 Å². The molecule has 12 heavy (non-hydrogen) atoms. The Morgan fingerprint density at radius 2 is 2.33 bits per heavy atom. The zero-order valence-corrected chi connectivity index (χ0v) is 7.89. The first-order chi connectivity index (χ1) is 5.65. The number of rotatable bonds is 3. The minimum Gasteiger partial charge on any atom is -0.481 e. The fraction of sp³-hybridized carbons (Fsp3) is 0.375. The van der Waals surface area contributed by atoms with Crippen molar-refractivity contribution in [3.05, 3.63) is 17.8 Å². The van der Waals surface area contributed by atoms with E-state index in [1.165, 1.54) is 0 Å². The minimum absolute atomic E-state index is 0.0943. The highest BCUT2D eigenvalue weighted by atomic mass is 32.2. The van der Waals surface area contributed by atoms with Crippen LogP contribution in [0, 0.1) is 0 Å². The van der Waals surface area contributed by atoms with E-state index in [1.54, 1.807) is 11.8 Å². The molecule has 0 aliphatic rings. The highest BCUT2D eigenvalue weighted by molar-refractivity contribution is 7.98. The first-order valence-electron chi connectivity index (χ1n) is 3.55. The van der Waals surface area contributed by atoms with Gasteiger partial charge in [-0.15, -0.1) is 11.8 Å². The molecule has 0 amide bonds. The van der Waals surface area contributed by atoms with Gasteiger partial charge in [0.2, 0.25) is 0 Å². The molecule has 1 rings (SSSR count). The fourth-order valence-electron chi connectivity index (χ4n) is 1.07. The molecule has 0 aliphatic carbocycles. The zero-order valence-electron chi connectivity index (χ0n) is 7.07. The lowest BCUT2D eigenvalue weighted by atomic mass is 10.3. The SMILES string of the molecule is CSc1ccc(CC(=O)O)n1C. The van der Waals surface area contributed by atoms with Crippen LogP contribution in [0.1, 0.15) is 5.69 Å². The van der Waals surface area contributed by atoms with Gasteiger partial charge in [-0.2, -0.15) is 0 Å². The molecule has 1 heterocycles. The van der Waals surface area contributed by atoms with Gasteiger partial charge >= 0.3 is 5.97 Å². The van der Waals surface area contributed by atoms with E-state index in [0.717, 1.165) is 10.7 Å². The third kappa shape index (κ3) is 1.82. The van der Waals surface area contributed by atoms with E-state index in [-0.39, 0.29) is 6.42 Å². The molecule has 1 aromatic heterocycles. The second kappa shape index (κ2) is 3.67. The summed E-state index contributed by atoms with van der Waals surface area (Å²) in [4.78, 5) is 10.4. The molecule has 0 bridgehead atoms. The fourth-order valence-corrected chi connectivity index (χ4v) is 1.67. The van der Waals surface area contributed by atoms with Gasteiger partial charge in [0.05, 0.1) is 11.4 Å². The molecule has 4 heteroatoms. The predicted molar refractivity (Wildman–Crippen MR) is 48.5 cm³/mol. The Hall–Kier alpha value is -0.900. The molecule has 0 spiro atoms. The van der Waals surface area contributed by atoms with Crippen LogP contribution >= 0.6 is 11.8 Å². The third-order valence-electron chi connectivity index (χ3n) is 1.72. The smallest absolute Gasteiger partial charge is 0.309 e. The van der Waals surface area contributed by atoms with Gasteiger partial charge in [-0.25, -0.2) is 0 Å². The van der Waals surface area contributed by atoms with Crippen molar-refractivity contribution in [3.8, 4) is 0 Å². The molecule has 0 saturated carbocycles. The number of aromatic nitrogens is 1. The Bertz CT molecular complexity index is 293. The largest absolute Gasteiger partial charge is 0.481 e. The molecule has 66 valence electrons. The molecule has 0 fully saturated rings. The van der Waals surface area contributed by atoms with Gasteiger partial charge in [0.1, 0.15) is 0 Å². The summed E-state index contributed by atoms with van der Waals surface area (Å²) in [5.41, 5.74) is 0.840. The van der Waals surface area contributed by atoms with E-state index in [0.29, 0.717) is 0 Å². The van der Waals surface area contributed by atoms with Gasteiger partial charge < -0.3 is 9.67 Å². The van der Waals surface area contributed by atoms with Gasteiger partial charge in [-0.1, -0.05) is 0 Å². The number of carboxylic acid groups (broad SMARTS) is 1. The molecule has 0 unspecified atom stereocenters. The minimum atomic E-state index is -0.788. The van der Waals surface area contributed by atoms with Gasteiger partial charge in [0.25, 0.3) is 0 Å². The summed E-state index contributed by atoms with van der Waals surface area (Å²) in [5.74, 6) is -0.788. The summed E-state index contributed by atoms with van der Waals surface area (Å²) in [6.45, 7) is 0. The average Bonchev–Trinajstić information content (AvgIpc) is 2.32. The van der Waals surface area contributed by atoms with Gasteiger partial charge in [-0.3, -0.25) is 4.79 Å². The van der Waals surface area contributed by atoms with E-state index in [2.05, 4.69) is 0 Å². The molecule has 0 saturated heterocycles. The molecular weight excluding hydrogens is 174 g/mol. The number of hydrogen-bond donors (Lipinski definition) is 1. The van der Waals surface area contributed by atoms with E-state index < -0.39 is 5.97 Å². The summed E-state index contributed by atoms with van der Waals surface area (Å²) < 4.78 is 1.90. The average molecular weight is 185 g/mol. The second-order valence-electron chi connectivity index (χ2n) is 2.50. The first-order valence-corrected chi connectivity index (χ1v) is 4.78. The van der Waals surface area contributed by atoms with Crippen molar-refractivity contribution in [1.82, 2.24) is 4.57 Å². The summed E-state index contributed by atoms with van der Waals surface area (Å²) in [7, 11) is 1.88. The molecule has 1 N–H and O–H groups in total. The van der Waals surface area contributed by atoms with Crippen LogP contribution in [0.4, 0.5) is 0 Å². The topological polar surface area (TPSA) is 42.2 Å². The lowest BCUT2D eigenvalue weighted by Gasteiger charge is -2.02. The highest BCUT2D eigenvalue weighted by Gasteiger charge is 2.06. The molecule has 0 radical (unpaired) electrons. The molecule has 0 atom stereocenters. The molecule has 0 aromatic carbocycles. The molecular formula is C8H11NO2S. The van der Waals surface area contributed by atoms with Crippen LogP contribution < -0.4 is 0 Å². The maximum absolute atomic E-state index is 10.4. The quantitative estimate of drug-likeness (QED) is 0.723. The Morgan fingerprint density at radius 3 is 2.75 bits per heavy atom.